The van der Waals surface area contributed by atoms with E-state index in [-0.39, 0.29) is 0 Å². The molecule has 0 spiro atoms. The number of hydrogen-bond donors (Lipinski definition) is 0. The Kier molecular flexibility index (Phi) is 2.96. The maximum absolute atomic E-state index is 3.53. The number of halogens is 1. The first-order valence-electron chi connectivity index (χ1n) is 5.49. The summed E-state index contributed by atoms with van der Waals surface area (Å²) in [7, 11) is 0. The summed E-state index contributed by atoms with van der Waals surface area (Å²) in [6, 6.07) is 8.75. The standard InChI is InChI=1S/C13H17Br/c1-2-6-13(7-8-13)10-11-4-3-5-12(14)9-11/h3-5,9H,2,6-8,10H2,1H3. The number of benzene rings is 1. The van der Waals surface area contributed by atoms with Gasteiger partial charge in [-0.15, -0.1) is 0 Å². The normalized spacial score (nSPS) is 18.1. The first-order chi connectivity index (χ1) is 6.74. The highest BCUT2D eigenvalue weighted by molar-refractivity contribution is 9.10. The Morgan fingerprint density at radius 3 is 2.71 bits per heavy atom. The van der Waals surface area contributed by atoms with Crippen LogP contribution in [-0.2, 0) is 6.42 Å². The Labute approximate surface area is 94.8 Å². The topological polar surface area (TPSA) is 0 Å². The summed E-state index contributed by atoms with van der Waals surface area (Å²) in [5, 5.41) is 0. The monoisotopic (exact) mass is 252 g/mol. The van der Waals surface area contributed by atoms with Crippen molar-refractivity contribution in [1.82, 2.24) is 0 Å². The predicted molar refractivity (Wildman–Crippen MR) is 64.4 cm³/mol. The molecule has 1 aromatic carbocycles. The first-order valence-corrected chi connectivity index (χ1v) is 6.28. The van der Waals surface area contributed by atoms with Gasteiger partial charge < -0.3 is 0 Å². The Morgan fingerprint density at radius 2 is 2.14 bits per heavy atom. The lowest BCUT2D eigenvalue weighted by Crippen LogP contribution is -2.04. The molecule has 0 saturated heterocycles. The lowest BCUT2D eigenvalue weighted by Gasteiger charge is -2.13. The molecule has 0 amide bonds. The zero-order valence-corrected chi connectivity index (χ0v) is 10.3. The summed E-state index contributed by atoms with van der Waals surface area (Å²) in [4.78, 5) is 0. The van der Waals surface area contributed by atoms with Gasteiger partial charge in [-0.2, -0.15) is 0 Å². The molecule has 0 nitrogen and oxygen atoms in total. The molecular weight excluding hydrogens is 236 g/mol. The molecule has 76 valence electrons. The van der Waals surface area contributed by atoms with Gasteiger partial charge in [0, 0.05) is 4.47 Å². The van der Waals surface area contributed by atoms with Crippen LogP contribution in [0.5, 0.6) is 0 Å². The van der Waals surface area contributed by atoms with E-state index in [4.69, 9.17) is 0 Å². The van der Waals surface area contributed by atoms with Gasteiger partial charge in [0.25, 0.3) is 0 Å². The molecule has 0 aliphatic heterocycles. The van der Waals surface area contributed by atoms with E-state index < -0.39 is 0 Å². The second kappa shape index (κ2) is 4.06. The molecule has 0 radical (unpaired) electrons. The van der Waals surface area contributed by atoms with Crippen LogP contribution in [0.3, 0.4) is 0 Å². The molecule has 0 bridgehead atoms. The van der Waals surface area contributed by atoms with Gasteiger partial charge >= 0.3 is 0 Å². The average molecular weight is 253 g/mol. The molecule has 0 unspecified atom stereocenters. The second-order valence-electron chi connectivity index (χ2n) is 4.56. The van der Waals surface area contributed by atoms with Crippen LogP contribution in [0, 0.1) is 5.41 Å². The van der Waals surface area contributed by atoms with E-state index in [0.717, 1.165) is 0 Å². The van der Waals surface area contributed by atoms with Gasteiger partial charge in [0.1, 0.15) is 0 Å². The van der Waals surface area contributed by atoms with E-state index in [0.29, 0.717) is 5.41 Å². The van der Waals surface area contributed by atoms with Crippen molar-refractivity contribution in [3.05, 3.63) is 34.3 Å². The molecule has 1 aliphatic carbocycles. The van der Waals surface area contributed by atoms with E-state index >= 15 is 0 Å². The molecule has 1 heteroatoms. The number of hydrogen-bond acceptors (Lipinski definition) is 0. The van der Waals surface area contributed by atoms with Crippen LogP contribution in [0.15, 0.2) is 28.7 Å². The van der Waals surface area contributed by atoms with Gasteiger partial charge in [0.15, 0.2) is 0 Å². The van der Waals surface area contributed by atoms with Gasteiger partial charge in [0.2, 0.25) is 0 Å². The predicted octanol–water partition coefficient (Wildman–Crippen LogP) is 4.57. The van der Waals surface area contributed by atoms with Crippen molar-refractivity contribution in [3.8, 4) is 0 Å². The molecular formula is C13H17Br. The Bertz CT molecular complexity index is 313. The smallest absolute Gasteiger partial charge is 0.0177 e. The fourth-order valence-electron chi connectivity index (χ4n) is 2.30. The van der Waals surface area contributed by atoms with Crippen LogP contribution in [0.1, 0.15) is 38.2 Å². The van der Waals surface area contributed by atoms with Crippen LogP contribution in [0.25, 0.3) is 0 Å². The average Bonchev–Trinajstić information content (AvgIpc) is 2.85. The highest BCUT2D eigenvalue weighted by Gasteiger charge is 2.41. The van der Waals surface area contributed by atoms with Crippen LogP contribution < -0.4 is 0 Å². The summed E-state index contributed by atoms with van der Waals surface area (Å²) < 4.78 is 1.21. The van der Waals surface area contributed by atoms with E-state index in [1.807, 2.05) is 0 Å². The van der Waals surface area contributed by atoms with Crippen molar-refractivity contribution >= 4 is 15.9 Å². The van der Waals surface area contributed by atoms with Gasteiger partial charge in [-0.25, -0.2) is 0 Å². The van der Waals surface area contributed by atoms with Crippen molar-refractivity contribution < 1.29 is 0 Å². The van der Waals surface area contributed by atoms with Crippen LogP contribution in [-0.4, -0.2) is 0 Å². The van der Waals surface area contributed by atoms with Crippen LogP contribution >= 0.6 is 15.9 Å². The molecule has 14 heavy (non-hydrogen) atoms. The number of rotatable bonds is 4. The van der Waals surface area contributed by atoms with E-state index in [1.54, 1.807) is 0 Å². The lowest BCUT2D eigenvalue weighted by molar-refractivity contribution is 0.457. The highest BCUT2D eigenvalue weighted by Crippen LogP contribution is 2.52. The molecule has 1 aliphatic rings. The van der Waals surface area contributed by atoms with Gasteiger partial charge in [-0.3, -0.25) is 0 Å². The van der Waals surface area contributed by atoms with Gasteiger partial charge in [0.05, 0.1) is 0 Å². The second-order valence-corrected chi connectivity index (χ2v) is 5.47. The first kappa shape index (κ1) is 10.2. The fraction of sp³-hybridized carbons (Fsp3) is 0.538. The van der Waals surface area contributed by atoms with Crippen molar-refractivity contribution in [2.45, 2.75) is 39.0 Å². The molecule has 2 rings (SSSR count). The van der Waals surface area contributed by atoms with Crippen molar-refractivity contribution in [2.75, 3.05) is 0 Å². The van der Waals surface area contributed by atoms with Crippen molar-refractivity contribution in [1.29, 1.82) is 0 Å². The maximum Gasteiger partial charge on any atom is 0.0177 e. The van der Waals surface area contributed by atoms with Gasteiger partial charge in [-0.1, -0.05) is 41.4 Å². The van der Waals surface area contributed by atoms with Crippen molar-refractivity contribution in [2.24, 2.45) is 5.41 Å². The summed E-state index contributed by atoms with van der Waals surface area (Å²) in [5.74, 6) is 0. The zero-order chi connectivity index (χ0) is 10.0. The van der Waals surface area contributed by atoms with E-state index in [2.05, 4.69) is 47.1 Å². The molecule has 1 saturated carbocycles. The highest BCUT2D eigenvalue weighted by atomic mass is 79.9. The van der Waals surface area contributed by atoms with Crippen LogP contribution in [0.4, 0.5) is 0 Å². The van der Waals surface area contributed by atoms with E-state index in [1.165, 1.54) is 42.1 Å². The Balaban J connectivity index is 2.03. The maximum atomic E-state index is 3.53. The Morgan fingerprint density at radius 1 is 1.36 bits per heavy atom. The molecule has 0 heterocycles. The summed E-state index contributed by atoms with van der Waals surface area (Å²) in [6.07, 6.45) is 6.88. The van der Waals surface area contributed by atoms with E-state index in [9.17, 15) is 0 Å². The van der Waals surface area contributed by atoms with Crippen LogP contribution in [0.2, 0.25) is 0 Å². The minimum Gasteiger partial charge on any atom is -0.0654 e. The SMILES string of the molecule is CCCC1(Cc2cccc(Br)c2)CC1. The third-order valence-corrected chi connectivity index (χ3v) is 3.70. The third kappa shape index (κ3) is 2.38. The largest absolute Gasteiger partial charge is 0.0654 e. The summed E-state index contributed by atoms with van der Waals surface area (Å²) >= 11 is 3.53. The molecule has 0 N–H and O–H groups in total. The molecule has 1 aromatic rings. The third-order valence-electron chi connectivity index (χ3n) is 3.21. The Hall–Kier alpha value is -0.300. The molecule has 1 fully saturated rings. The minimum atomic E-state index is 0.676. The quantitative estimate of drug-likeness (QED) is 0.737. The zero-order valence-electron chi connectivity index (χ0n) is 8.72. The lowest BCUT2D eigenvalue weighted by atomic mass is 9.92. The molecule has 0 aromatic heterocycles. The fourth-order valence-corrected chi connectivity index (χ4v) is 2.75. The minimum absolute atomic E-state index is 0.676. The van der Waals surface area contributed by atoms with Crippen molar-refractivity contribution in [3.63, 3.8) is 0 Å². The molecule has 0 atom stereocenters. The summed E-state index contributed by atoms with van der Waals surface area (Å²) in [5.41, 5.74) is 2.17. The summed E-state index contributed by atoms with van der Waals surface area (Å²) in [6.45, 7) is 2.29. The van der Waals surface area contributed by atoms with Gasteiger partial charge in [-0.05, 0) is 48.8 Å².